The van der Waals surface area contributed by atoms with E-state index in [2.05, 4.69) is 36.9 Å². The summed E-state index contributed by atoms with van der Waals surface area (Å²) >= 11 is 0. The third kappa shape index (κ3) is 6.72. The van der Waals surface area contributed by atoms with E-state index in [-0.39, 0.29) is 5.91 Å². The first-order valence-corrected chi connectivity index (χ1v) is 13.7. The minimum absolute atomic E-state index is 0.0197. The Hall–Kier alpha value is -3.55. The molecule has 0 aliphatic carbocycles. The summed E-state index contributed by atoms with van der Waals surface area (Å²) in [6.45, 7) is 8.94. The molecule has 0 spiro atoms. The molecule has 7 heteroatoms. The molecular formula is C32H38N2O5. The van der Waals surface area contributed by atoms with Crippen LogP contribution in [0.1, 0.15) is 36.1 Å². The Bertz CT molecular complexity index is 1280. The van der Waals surface area contributed by atoms with Crippen LogP contribution >= 0.6 is 0 Å². The van der Waals surface area contributed by atoms with Crippen molar-refractivity contribution < 1.29 is 23.7 Å². The summed E-state index contributed by atoms with van der Waals surface area (Å²) < 4.78 is 23.8. The number of amides is 1. The summed E-state index contributed by atoms with van der Waals surface area (Å²) in [7, 11) is 1.69. The lowest BCUT2D eigenvalue weighted by molar-refractivity contribution is -0.151. The van der Waals surface area contributed by atoms with Crippen LogP contribution in [-0.2, 0) is 35.8 Å². The first kappa shape index (κ1) is 27.0. The number of ether oxygens (including phenoxy) is 4. The fraction of sp³-hybridized carbons (Fsp3) is 0.406. The van der Waals surface area contributed by atoms with Gasteiger partial charge in [-0.2, -0.15) is 0 Å². The predicted molar refractivity (Wildman–Crippen MR) is 150 cm³/mol. The van der Waals surface area contributed by atoms with E-state index in [0.717, 1.165) is 40.3 Å². The summed E-state index contributed by atoms with van der Waals surface area (Å²) in [5, 5.41) is 0. The van der Waals surface area contributed by atoms with Gasteiger partial charge in [0.2, 0.25) is 0 Å². The van der Waals surface area contributed by atoms with Crippen molar-refractivity contribution in [1.82, 2.24) is 9.80 Å². The molecule has 39 heavy (non-hydrogen) atoms. The monoisotopic (exact) mass is 530 g/mol. The summed E-state index contributed by atoms with van der Waals surface area (Å²) in [6, 6.07) is 22.2. The number of morpholine rings is 1. The van der Waals surface area contributed by atoms with Crippen molar-refractivity contribution in [3.63, 3.8) is 0 Å². The van der Waals surface area contributed by atoms with Crippen LogP contribution in [0, 0.1) is 5.92 Å². The molecule has 2 aliphatic heterocycles. The molecule has 1 amide bonds. The Morgan fingerprint density at radius 1 is 1.00 bits per heavy atom. The van der Waals surface area contributed by atoms with Crippen LogP contribution < -0.4 is 14.2 Å². The molecule has 0 radical (unpaired) electrons. The molecule has 1 fully saturated rings. The lowest BCUT2D eigenvalue weighted by Gasteiger charge is -2.36. The maximum atomic E-state index is 13.8. The second-order valence-electron chi connectivity index (χ2n) is 10.6. The maximum absolute atomic E-state index is 13.8. The number of fused-ring (bicyclic) bond motifs is 2. The van der Waals surface area contributed by atoms with Gasteiger partial charge in [0.25, 0.3) is 5.91 Å². The molecule has 3 aromatic rings. The van der Waals surface area contributed by atoms with Crippen molar-refractivity contribution in [1.29, 1.82) is 0 Å². The van der Waals surface area contributed by atoms with Crippen LogP contribution in [0.5, 0.6) is 17.2 Å². The van der Waals surface area contributed by atoms with Gasteiger partial charge in [0, 0.05) is 38.3 Å². The molecule has 5 rings (SSSR count). The lowest BCUT2D eigenvalue weighted by Crippen LogP contribution is -2.51. The SMILES string of the molecule is COc1ccccc1CN1CCOC(C(=O)N(Cc2ccc3c(c2)OCc2ccccc2CO3)CC(C)C)C1. The van der Waals surface area contributed by atoms with Crippen LogP contribution in [0.2, 0.25) is 0 Å². The van der Waals surface area contributed by atoms with E-state index >= 15 is 0 Å². The van der Waals surface area contributed by atoms with Crippen LogP contribution in [0.15, 0.2) is 66.7 Å². The van der Waals surface area contributed by atoms with Crippen LogP contribution in [0.3, 0.4) is 0 Å². The third-order valence-electron chi connectivity index (χ3n) is 7.18. The zero-order valence-corrected chi connectivity index (χ0v) is 23.1. The lowest BCUT2D eigenvalue weighted by atomic mass is 10.1. The second kappa shape index (κ2) is 12.5. The Morgan fingerprint density at radius 3 is 2.46 bits per heavy atom. The highest BCUT2D eigenvalue weighted by atomic mass is 16.5. The molecule has 3 aromatic carbocycles. The number of rotatable bonds is 8. The van der Waals surface area contributed by atoms with Crippen molar-refractivity contribution in [2.75, 3.05) is 33.4 Å². The highest BCUT2D eigenvalue weighted by molar-refractivity contribution is 5.81. The topological polar surface area (TPSA) is 60.5 Å². The van der Waals surface area contributed by atoms with Gasteiger partial charge in [-0.05, 0) is 40.8 Å². The van der Waals surface area contributed by atoms with E-state index in [4.69, 9.17) is 18.9 Å². The summed E-state index contributed by atoms with van der Waals surface area (Å²) in [5.74, 6) is 2.63. The second-order valence-corrected chi connectivity index (χ2v) is 10.6. The number of hydrogen-bond acceptors (Lipinski definition) is 6. The molecule has 7 nitrogen and oxygen atoms in total. The number of benzene rings is 3. The molecule has 1 unspecified atom stereocenters. The average Bonchev–Trinajstić information content (AvgIpc) is 2.94. The Balaban J connectivity index is 1.28. The van der Waals surface area contributed by atoms with Gasteiger partial charge in [-0.15, -0.1) is 0 Å². The van der Waals surface area contributed by atoms with E-state index in [1.54, 1.807) is 7.11 Å². The highest BCUT2D eigenvalue weighted by Crippen LogP contribution is 2.33. The fourth-order valence-corrected chi connectivity index (χ4v) is 5.20. The van der Waals surface area contributed by atoms with Crippen LogP contribution in [-0.4, -0.2) is 55.2 Å². The molecule has 0 aromatic heterocycles. The number of methoxy groups -OCH3 is 1. The van der Waals surface area contributed by atoms with Crippen molar-refractivity contribution in [3.05, 3.63) is 89.0 Å². The summed E-state index contributed by atoms with van der Waals surface area (Å²) in [5.41, 5.74) is 4.37. The standard InChI is InChI=1S/C32H38N2O5/c1-23(2)17-34(32(35)31-20-33(14-15-37-31)19-25-8-6-7-11-28(25)36-3)18-24-12-13-29-30(16-24)39-22-27-10-5-4-9-26(27)21-38-29/h4-13,16,23,31H,14-15,17-22H2,1-3H3. The average molecular weight is 531 g/mol. The fourth-order valence-electron chi connectivity index (χ4n) is 5.20. The summed E-state index contributed by atoms with van der Waals surface area (Å²) in [6.07, 6.45) is -0.507. The molecule has 0 N–H and O–H groups in total. The molecule has 0 saturated carbocycles. The quantitative estimate of drug-likeness (QED) is 0.406. The molecule has 1 saturated heterocycles. The Labute approximate surface area is 231 Å². The van der Waals surface area contributed by atoms with Gasteiger partial charge in [-0.1, -0.05) is 62.4 Å². The van der Waals surface area contributed by atoms with E-state index < -0.39 is 6.10 Å². The Kier molecular flexibility index (Phi) is 8.69. The molecule has 2 aliphatic rings. The third-order valence-corrected chi connectivity index (χ3v) is 7.18. The van der Waals surface area contributed by atoms with Gasteiger partial charge in [0.05, 0.1) is 13.7 Å². The van der Waals surface area contributed by atoms with Crippen molar-refractivity contribution >= 4 is 5.91 Å². The largest absolute Gasteiger partial charge is 0.496 e. The van der Waals surface area contributed by atoms with Crippen molar-refractivity contribution in [2.24, 2.45) is 5.92 Å². The number of hydrogen-bond donors (Lipinski definition) is 0. The van der Waals surface area contributed by atoms with Crippen molar-refractivity contribution in [3.8, 4) is 17.2 Å². The smallest absolute Gasteiger partial charge is 0.253 e. The number of para-hydroxylation sites is 1. The van der Waals surface area contributed by atoms with Gasteiger partial charge < -0.3 is 23.8 Å². The van der Waals surface area contributed by atoms with Crippen molar-refractivity contribution in [2.45, 2.75) is 46.3 Å². The molecule has 1 atom stereocenters. The highest BCUT2D eigenvalue weighted by Gasteiger charge is 2.31. The molecule has 0 bridgehead atoms. The number of carbonyl (C=O) groups is 1. The Morgan fingerprint density at radius 2 is 1.72 bits per heavy atom. The number of carbonyl (C=O) groups excluding carboxylic acids is 1. The maximum Gasteiger partial charge on any atom is 0.253 e. The normalized spacial score (nSPS) is 17.2. The van der Waals surface area contributed by atoms with Gasteiger partial charge in [-0.25, -0.2) is 0 Å². The first-order chi connectivity index (χ1) is 19.0. The van der Waals surface area contributed by atoms with E-state index in [1.165, 1.54) is 0 Å². The first-order valence-electron chi connectivity index (χ1n) is 13.7. The number of nitrogens with zero attached hydrogens (tertiary/aromatic N) is 2. The zero-order chi connectivity index (χ0) is 27.2. The molecule has 2 heterocycles. The van der Waals surface area contributed by atoms with Crippen LogP contribution in [0.25, 0.3) is 0 Å². The molecular weight excluding hydrogens is 492 g/mol. The van der Waals surface area contributed by atoms with Gasteiger partial charge in [-0.3, -0.25) is 9.69 Å². The minimum atomic E-state index is -0.507. The van der Waals surface area contributed by atoms with Gasteiger partial charge in [0.15, 0.2) is 11.5 Å². The van der Waals surface area contributed by atoms with E-state index in [9.17, 15) is 4.79 Å². The van der Waals surface area contributed by atoms with Crippen LogP contribution in [0.4, 0.5) is 0 Å². The van der Waals surface area contributed by atoms with E-state index in [0.29, 0.717) is 57.7 Å². The zero-order valence-electron chi connectivity index (χ0n) is 23.1. The summed E-state index contributed by atoms with van der Waals surface area (Å²) in [4.78, 5) is 18.0. The van der Waals surface area contributed by atoms with Gasteiger partial charge >= 0.3 is 0 Å². The van der Waals surface area contributed by atoms with E-state index in [1.807, 2.05) is 53.4 Å². The van der Waals surface area contributed by atoms with Gasteiger partial charge in [0.1, 0.15) is 25.1 Å². The minimum Gasteiger partial charge on any atom is -0.496 e. The predicted octanol–water partition coefficient (Wildman–Crippen LogP) is 5.05. The molecule has 206 valence electrons.